The summed E-state index contributed by atoms with van der Waals surface area (Å²) in [6.45, 7) is 11.6. The number of hydrogen-bond donors (Lipinski definition) is 1. The molecule has 3 nitrogen and oxygen atoms in total. The molecule has 0 aliphatic carbocycles. The molecule has 0 saturated carbocycles. The second-order valence-electron chi connectivity index (χ2n) is 5.90. The fourth-order valence-corrected chi connectivity index (χ4v) is 2.20. The highest BCUT2D eigenvalue weighted by molar-refractivity contribution is 5.63. The third kappa shape index (κ3) is 3.81. The third-order valence-corrected chi connectivity index (χ3v) is 3.53. The van der Waals surface area contributed by atoms with Crippen LogP contribution in [0.3, 0.4) is 0 Å². The number of benzene rings is 1. The van der Waals surface area contributed by atoms with E-state index in [1.807, 2.05) is 0 Å². The van der Waals surface area contributed by atoms with Gasteiger partial charge in [0.2, 0.25) is 0 Å². The van der Waals surface area contributed by atoms with E-state index in [-0.39, 0.29) is 0 Å². The SMILES string of the molecule is CCCNc1cc(C(C)C)nc(-c2cc(C)ccc2C)n1. The van der Waals surface area contributed by atoms with E-state index in [0.29, 0.717) is 5.92 Å². The number of rotatable bonds is 5. The number of aryl methyl sites for hydroxylation is 2. The lowest BCUT2D eigenvalue weighted by atomic mass is 10.0. The zero-order valence-electron chi connectivity index (χ0n) is 13.7. The first-order valence-corrected chi connectivity index (χ1v) is 7.71. The van der Waals surface area contributed by atoms with Crippen LogP contribution in [0, 0.1) is 13.8 Å². The highest BCUT2D eigenvalue weighted by Crippen LogP contribution is 2.25. The Morgan fingerprint density at radius 2 is 1.86 bits per heavy atom. The lowest BCUT2D eigenvalue weighted by molar-refractivity contribution is 0.815. The molecule has 0 amide bonds. The quantitative estimate of drug-likeness (QED) is 0.863. The molecular formula is C18H25N3. The molecule has 2 aromatic rings. The van der Waals surface area contributed by atoms with Gasteiger partial charge in [-0.25, -0.2) is 9.97 Å². The minimum absolute atomic E-state index is 0.388. The van der Waals surface area contributed by atoms with Gasteiger partial charge in [0.05, 0.1) is 0 Å². The van der Waals surface area contributed by atoms with Gasteiger partial charge in [0.1, 0.15) is 5.82 Å². The second-order valence-corrected chi connectivity index (χ2v) is 5.90. The summed E-state index contributed by atoms with van der Waals surface area (Å²) in [7, 11) is 0. The maximum Gasteiger partial charge on any atom is 0.162 e. The topological polar surface area (TPSA) is 37.8 Å². The number of aromatic nitrogens is 2. The second kappa shape index (κ2) is 6.70. The molecule has 0 aliphatic rings. The van der Waals surface area contributed by atoms with Crippen molar-refractivity contribution in [2.45, 2.75) is 47.0 Å². The van der Waals surface area contributed by atoms with Crippen LogP contribution in [0.5, 0.6) is 0 Å². The number of hydrogen-bond acceptors (Lipinski definition) is 3. The fourth-order valence-electron chi connectivity index (χ4n) is 2.20. The number of nitrogens with one attached hydrogen (secondary N) is 1. The minimum atomic E-state index is 0.388. The lowest BCUT2D eigenvalue weighted by Crippen LogP contribution is -2.06. The molecule has 0 saturated heterocycles. The molecule has 0 radical (unpaired) electrons. The van der Waals surface area contributed by atoms with E-state index < -0.39 is 0 Å². The molecule has 1 aromatic heterocycles. The molecule has 0 bridgehead atoms. The standard InChI is InChI=1S/C18H25N3/c1-6-9-19-17-11-16(12(2)3)20-18(21-17)15-10-13(4)7-8-14(15)5/h7-8,10-12H,6,9H2,1-5H3,(H,19,20,21). The normalized spacial score (nSPS) is 11.0. The molecule has 1 N–H and O–H groups in total. The predicted molar refractivity (Wildman–Crippen MR) is 89.8 cm³/mol. The van der Waals surface area contributed by atoms with Gasteiger partial charge in [0.25, 0.3) is 0 Å². The van der Waals surface area contributed by atoms with Gasteiger partial charge in [-0.05, 0) is 37.8 Å². The van der Waals surface area contributed by atoms with Crippen LogP contribution in [0.4, 0.5) is 5.82 Å². The lowest BCUT2D eigenvalue weighted by Gasteiger charge is -2.13. The fraction of sp³-hybridized carbons (Fsp3) is 0.444. The zero-order valence-corrected chi connectivity index (χ0v) is 13.7. The van der Waals surface area contributed by atoms with E-state index >= 15 is 0 Å². The first-order valence-electron chi connectivity index (χ1n) is 7.71. The van der Waals surface area contributed by atoms with E-state index in [4.69, 9.17) is 9.97 Å². The highest BCUT2D eigenvalue weighted by atomic mass is 15.0. The highest BCUT2D eigenvalue weighted by Gasteiger charge is 2.11. The van der Waals surface area contributed by atoms with Crippen molar-refractivity contribution in [1.82, 2.24) is 9.97 Å². The minimum Gasteiger partial charge on any atom is -0.370 e. The van der Waals surface area contributed by atoms with Crippen molar-refractivity contribution in [2.75, 3.05) is 11.9 Å². The molecule has 1 aromatic carbocycles. The number of nitrogens with zero attached hydrogens (tertiary/aromatic N) is 2. The molecule has 0 unspecified atom stereocenters. The Labute approximate surface area is 127 Å². The van der Waals surface area contributed by atoms with Crippen LogP contribution < -0.4 is 5.32 Å². The molecule has 1 heterocycles. The van der Waals surface area contributed by atoms with Crippen LogP contribution >= 0.6 is 0 Å². The first-order chi connectivity index (χ1) is 10.0. The van der Waals surface area contributed by atoms with Crippen LogP contribution in [-0.2, 0) is 0 Å². The molecule has 0 aliphatic heterocycles. The van der Waals surface area contributed by atoms with Crippen LogP contribution in [-0.4, -0.2) is 16.5 Å². The smallest absolute Gasteiger partial charge is 0.162 e. The van der Waals surface area contributed by atoms with E-state index in [1.54, 1.807) is 0 Å². The van der Waals surface area contributed by atoms with Crippen LogP contribution in [0.2, 0.25) is 0 Å². The van der Waals surface area contributed by atoms with Crippen molar-refractivity contribution < 1.29 is 0 Å². The monoisotopic (exact) mass is 283 g/mol. The summed E-state index contributed by atoms with van der Waals surface area (Å²) in [5.41, 5.74) is 4.65. The summed E-state index contributed by atoms with van der Waals surface area (Å²) >= 11 is 0. The molecule has 0 atom stereocenters. The van der Waals surface area contributed by atoms with Crippen molar-refractivity contribution in [2.24, 2.45) is 0 Å². The average molecular weight is 283 g/mol. The van der Waals surface area contributed by atoms with E-state index in [1.165, 1.54) is 11.1 Å². The van der Waals surface area contributed by atoms with Crippen molar-refractivity contribution in [1.29, 1.82) is 0 Å². The largest absolute Gasteiger partial charge is 0.370 e. The Kier molecular flexibility index (Phi) is 4.94. The zero-order chi connectivity index (χ0) is 15.4. The van der Waals surface area contributed by atoms with Gasteiger partial charge in [-0.3, -0.25) is 0 Å². The van der Waals surface area contributed by atoms with Gasteiger partial charge in [-0.1, -0.05) is 38.5 Å². The summed E-state index contributed by atoms with van der Waals surface area (Å²) in [4.78, 5) is 9.47. The van der Waals surface area contributed by atoms with E-state index in [9.17, 15) is 0 Å². The van der Waals surface area contributed by atoms with Gasteiger partial charge < -0.3 is 5.32 Å². The van der Waals surface area contributed by atoms with Crippen molar-refractivity contribution in [3.8, 4) is 11.4 Å². The molecule has 112 valence electrons. The molecule has 21 heavy (non-hydrogen) atoms. The van der Waals surface area contributed by atoms with E-state index in [2.05, 4.69) is 64.2 Å². The van der Waals surface area contributed by atoms with E-state index in [0.717, 1.165) is 35.9 Å². The summed E-state index contributed by atoms with van der Waals surface area (Å²) in [6.07, 6.45) is 1.08. The Bertz CT molecular complexity index is 618. The Hall–Kier alpha value is -1.90. The molecule has 0 spiro atoms. The van der Waals surface area contributed by atoms with Crippen LogP contribution in [0.25, 0.3) is 11.4 Å². The molecule has 3 heteroatoms. The third-order valence-electron chi connectivity index (χ3n) is 3.53. The summed E-state index contributed by atoms with van der Waals surface area (Å²) in [5, 5.41) is 3.38. The summed E-state index contributed by atoms with van der Waals surface area (Å²) in [5.74, 6) is 2.13. The maximum atomic E-state index is 4.76. The van der Waals surface area contributed by atoms with Crippen LogP contribution in [0.15, 0.2) is 24.3 Å². The first kappa shape index (κ1) is 15.5. The van der Waals surface area contributed by atoms with Crippen molar-refractivity contribution in [3.05, 3.63) is 41.1 Å². The van der Waals surface area contributed by atoms with Crippen LogP contribution in [0.1, 0.15) is 49.9 Å². The Morgan fingerprint density at radius 3 is 2.52 bits per heavy atom. The summed E-state index contributed by atoms with van der Waals surface area (Å²) < 4.78 is 0. The predicted octanol–water partition coefficient (Wildman–Crippen LogP) is 4.71. The Balaban J connectivity index is 2.51. The van der Waals surface area contributed by atoms with Crippen molar-refractivity contribution >= 4 is 5.82 Å². The maximum absolute atomic E-state index is 4.76. The van der Waals surface area contributed by atoms with Gasteiger partial charge in [0, 0.05) is 23.9 Å². The van der Waals surface area contributed by atoms with Gasteiger partial charge in [0.15, 0.2) is 5.82 Å². The van der Waals surface area contributed by atoms with Gasteiger partial charge in [-0.15, -0.1) is 0 Å². The molecule has 2 rings (SSSR count). The van der Waals surface area contributed by atoms with Crippen molar-refractivity contribution in [3.63, 3.8) is 0 Å². The Morgan fingerprint density at radius 1 is 1.10 bits per heavy atom. The van der Waals surface area contributed by atoms with Gasteiger partial charge in [-0.2, -0.15) is 0 Å². The molecular weight excluding hydrogens is 258 g/mol. The average Bonchev–Trinajstić information content (AvgIpc) is 2.47. The number of anilines is 1. The molecule has 0 fully saturated rings. The van der Waals surface area contributed by atoms with Gasteiger partial charge >= 0.3 is 0 Å². The summed E-state index contributed by atoms with van der Waals surface area (Å²) in [6, 6.07) is 8.49.